The molecule has 3 heterocycles. The van der Waals surface area contributed by atoms with Crippen molar-refractivity contribution in [1.29, 1.82) is 0 Å². The van der Waals surface area contributed by atoms with Crippen LogP contribution in [0.1, 0.15) is 35.6 Å². The van der Waals surface area contributed by atoms with Crippen molar-refractivity contribution < 1.29 is 4.74 Å². The molecule has 1 aromatic carbocycles. The van der Waals surface area contributed by atoms with Gasteiger partial charge in [0, 0.05) is 35.1 Å². The summed E-state index contributed by atoms with van der Waals surface area (Å²) in [4.78, 5) is 3.55. The smallest absolute Gasteiger partial charge is 0.0740 e. The summed E-state index contributed by atoms with van der Waals surface area (Å²) >= 11 is 0. The number of fused-ring (bicyclic) bond motifs is 3. The lowest BCUT2D eigenvalue weighted by Crippen LogP contribution is -2.28. The fraction of sp³-hybridized carbons (Fsp3) is 0.500. The molecule has 0 aliphatic carbocycles. The summed E-state index contributed by atoms with van der Waals surface area (Å²) in [7, 11) is 0. The van der Waals surface area contributed by atoms with Crippen molar-refractivity contribution in [3.8, 4) is 0 Å². The number of hydrogen-bond acceptors (Lipinski definition) is 2. The van der Waals surface area contributed by atoms with Gasteiger partial charge in [-0.1, -0.05) is 6.07 Å². The Morgan fingerprint density at radius 1 is 1.26 bits per heavy atom. The highest BCUT2D eigenvalue weighted by atomic mass is 16.5. The van der Waals surface area contributed by atoms with Gasteiger partial charge in [0.05, 0.1) is 13.2 Å². The van der Waals surface area contributed by atoms with E-state index in [2.05, 4.69) is 28.5 Å². The summed E-state index contributed by atoms with van der Waals surface area (Å²) < 4.78 is 5.62. The minimum atomic E-state index is 0.674. The van der Waals surface area contributed by atoms with Gasteiger partial charge in [0.2, 0.25) is 0 Å². The Balaban J connectivity index is 1.77. The van der Waals surface area contributed by atoms with Gasteiger partial charge >= 0.3 is 0 Å². The van der Waals surface area contributed by atoms with Gasteiger partial charge in [-0.2, -0.15) is 0 Å². The number of nitrogens with one attached hydrogen (secondary N) is 2. The van der Waals surface area contributed by atoms with Crippen LogP contribution < -0.4 is 5.32 Å². The lowest BCUT2D eigenvalue weighted by molar-refractivity contribution is 0.111. The molecule has 2 N–H and O–H groups in total. The van der Waals surface area contributed by atoms with Crippen LogP contribution in [0.25, 0.3) is 10.9 Å². The predicted molar refractivity (Wildman–Crippen MR) is 76.5 cm³/mol. The Kier molecular flexibility index (Phi) is 2.82. The zero-order valence-corrected chi connectivity index (χ0v) is 11.2. The standard InChI is InChI=1S/C16H20N2O/c1-2-12(9-17-6-1)11-3-4-15-13(8-11)14-10-19-7-5-16(14)18-15/h3-4,8,12,17-18H,1-2,5-7,9-10H2. The van der Waals surface area contributed by atoms with Crippen molar-refractivity contribution in [2.45, 2.75) is 31.8 Å². The number of rotatable bonds is 1. The lowest BCUT2D eigenvalue weighted by atomic mass is 9.90. The normalized spacial score (nSPS) is 23.5. The van der Waals surface area contributed by atoms with E-state index in [-0.39, 0.29) is 0 Å². The fourth-order valence-electron chi connectivity index (χ4n) is 3.44. The number of H-pyrrole nitrogens is 1. The SMILES string of the molecule is c1cc2[nH]c3c(c2cc1C1CCCNC1)COCC3. The van der Waals surface area contributed by atoms with E-state index in [1.165, 1.54) is 47.1 Å². The topological polar surface area (TPSA) is 37.0 Å². The monoisotopic (exact) mass is 256 g/mol. The molecule has 0 saturated carbocycles. The van der Waals surface area contributed by atoms with Crippen LogP contribution in [0.4, 0.5) is 0 Å². The van der Waals surface area contributed by atoms with Crippen LogP contribution in [0.15, 0.2) is 18.2 Å². The van der Waals surface area contributed by atoms with E-state index in [1.54, 1.807) is 0 Å². The maximum atomic E-state index is 5.62. The minimum absolute atomic E-state index is 0.674. The summed E-state index contributed by atoms with van der Waals surface area (Å²) in [5.41, 5.74) is 5.50. The third kappa shape index (κ3) is 1.97. The number of hydrogen-bond donors (Lipinski definition) is 2. The van der Waals surface area contributed by atoms with Crippen molar-refractivity contribution in [3.05, 3.63) is 35.0 Å². The zero-order valence-electron chi connectivity index (χ0n) is 11.2. The molecule has 19 heavy (non-hydrogen) atoms. The molecule has 2 aliphatic heterocycles. The van der Waals surface area contributed by atoms with Gasteiger partial charge < -0.3 is 15.0 Å². The first kappa shape index (κ1) is 11.5. The molecule has 1 unspecified atom stereocenters. The molecule has 4 rings (SSSR count). The third-order valence-electron chi connectivity index (χ3n) is 4.53. The molecule has 0 bridgehead atoms. The van der Waals surface area contributed by atoms with Gasteiger partial charge in [-0.3, -0.25) is 0 Å². The summed E-state index contributed by atoms with van der Waals surface area (Å²) in [6.07, 6.45) is 3.61. The molecule has 1 fully saturated rings. The van der Waals surface area contributed by atoms with Crippen molar-refractivity contribution in [2.75, 3.05) is 19.7 Å². The number of piperidine rings is 1. The van der Waals surface area contributed by atoms with Crippen molar-refractivity contribution in [2.24, 2.45) is 0 Å². The quantitative estimate of drug-likeness (QED) is 0.823. The van der Waals surface area contributed by atoms with Gasteiger partial charge in [-0.25, -0.2) is 0 Å². The predicted octanol–water partition coefficient (Wildman–Crippen LogP) is 2.71. The van der Waals surface area contributed by atoms with E-state index in [9.17, 15) is 0 Å². The van der Waals surface area contributed by atoms with Gasteiger partial charge in [-0.15, -0.1) is 0 Å². The van der Waals surface area contributed by atoms with Crippen LogP contribution in [0, 0.1) is 0 Å². The molecular formula is C16H20N2O. The van der Waals surface area contributed by atoms with Crippen LogP contribution in [-0.4, -0.2) is 24.7 Å². The van der Waals surface area contributed by atoms with Crippen molar-refractivity contribution >= 4 is 10.9 Å². The molecule has 1 saturated heterocycles. The second-order valence-electron chi connectivity index (χ2n) is 5.73. The maximum Gasteiger partial charge on any atom is 0.0740 e. The maximum absolute atomic E-state index is 5.62. The second-order valence-corrected chi connectivity index (χ2v) is 5.73. The van der Waals surface area contributed by atoms with E-state index in [0.717, 1.165) is 26.2 Å². The van der Waals surface area contributed by atoms with E-state index in [1.807, 2.05) is 0 Å². The highest BCUT2D eigenvalue weighted by Crippen LogP contribution is 2.31. The molecule has 2 aromatic rings. The van der Waals surface area contributed by atoms with Gasteiger partial charge in [0.1, 0.15) is 0 Å². The summed E-state index contributed by atoms with van der Waals surface area (Å²) in [5.74, 6) is 0.674. The molecule has 3 nitrogen and oxygen atoms in total. The largest absolute Gasteiger partial charge is 0.376 e. The van der Waals surface area contributed by atoms with Gasteiger partial charge in [-0.05, 0) is 43.0 Å². The lowest BCUT2D eigenvalue weighted by Gasteiger charge is -2.23. The Morgan fingerprint density at radius 3 is 3.16 bits per heavy atom. The third-order valence-corrected chi connectivity index (χ3v) is 4.53. The van der Waals surface area contributed by atoms with Crippen LogP contribution in [0.2, 0.25) is 0 Å². The molecule has 3 heteroatoms. The Hall–Kier alpha value is -1.32. The van der Waals surface area contributed by atoms with E-state index in [4.69, 9.17) is 4.74 Å². The van der Waals surface area contributed by atoms with Crippen LogP contribution in [0.3, 0.4) is 0 Å². The first-order valence-corrected chi connectivity index (χ1v) is 7.33. The first-order chi connectivity index (χ1) is 9.42. The Bertz CT molecular complexity index is 596. The Morgan fingerprint density at radius 2 is 2.26 bits per heavy atom. The number of aromatic amines is 1. The van der Waals surface area contributed by atoms with Crippen molar-refractivity contribution in [1.82, 2.24) is 10.3 Å². The second kappa shape index (κ2) is 4.66. The molecular weight excluding hydrogens is 236 g/mol. The van der Waals surface area contributed by atoms with Crippen LogP contribution in [0.5, 0.6) is 0 Å². The average molecular weight is 256 g/mol. The summed E-state index contributed by atoms with van der Waals surface area (Å²) in [5, 5.41) is 4.88. The molecule has 100 valence electrons. The fourth-order valence-corrected chi connectivity index (χ4v) is 3.44. The number of aromatic nitrogens is 1. The first-order valence-electron chi connectivity index (χ1n) is 7.33. The highest BCUT2D eigenvalue weighted by Gasteiger charge is 2.19. The number of ether oxygens (including phenoxy) is 1. The molecule has 1 aromatic heterocycles. The molecule has 1 atom stereocenters. The Labute approximate surface area is 113 Å². The molecule has 0 spiro atoms. The zero-order chi connectivity index (χ0) is 12.7. The van der Waals surface area contributed by atoms with Gasteiger partial charge in [0.25, 0.3) is 0 Å². The molecule has 0 radical (unpaired) electrons. The number of benzene rings is 1. The van der Waals surface area contributed by atoms with E-state index >= 15 is 0 Å². The summed E-state index contributed by atoms with van der Waals surface area (Å²) in [6.45, 7) is 3.90. The van der Waals surface area contributed by atoms with E-state index in [0.29, 0.717) is 5.92 Å². The van der Waals surface area contributed by atoms with Crippen molar-refractivity contribution in [3.63, 3.8) is 0 Å². The van der Waals surface area contributed by atoms with E-state index < -0.39 is 0 Å². The van der Waals surface area contributed by atoms with Crippen LogP contribution in [-0.2, 0) is 17.8 Å². The highest BCUT2D eigenvalue weighted by molar-refractivity contribution is 5.85. The molecule has 2 aliphatic rings. The average Bonchev–Trinajstić information content (AvgIpc) is 2.86. The summed E-state index contributed by atoms with van der Waals surface area (Å²) in [6, 6.07) is 6.93. The van der Waals surface area contributed by atoms with Crippen LogP contribution >= 0.6 is 0 Å². The van der Waals surface area contributed by atoms with Gasteiger partial charge in [0.15, 0.2) is 0 Å². The molecule has 0 amide bonds. The minimum Gasteiger partial charge on any atom is -0.376 e.